The van der Waals surface area contributed by atoms with Crippen LogP contribution in [0.15, 0.2) is 42.9 Å². The summed E-state index contributed by atoms with van der Waals surface area (Å²) in [6.07, 6.45) is 2.53. The van der Waals surface area contributed by atoms with E-state index in [4.69, 9.17) is 5.73 Å². The fourth-order valence-corrected chi connectivity index (χ4v) is 2.61. The highest BCUT2D eigenvalue weighted by Crippen LogP contribution is 2.28. The summed E-state index contributed by atoms with van der Waals surface area (Å²) in [5, 5.41) is 9.73. The van der Waals surface area contributed by atoms with Gasteiger partial charge in [-0.2, -0.15) is 10.2 Å². The van der Waals surface area contributed by atoms with Crippen molar-refractivity contribution in [2.45, 2.75) is 13.0 Å². The Bertz CT molecular complexity index is 990. The topological polar surface area (TPSA) is 74.6 Å². The van der Waals surface area contributed by atoms with Gasteiger partial charge >= 0.3 is 0 Å². The number of nitrogens with zero attached hydrogens (tertiary/aromatic N) is 5. The minimum atomic E-state index is -2.48. The molecule has 0 unspecified atom stereocenters. The van der Waals surface area contributed by atoms with Crippen LogP contribution in [0.25, 0.3) is 27.5 Å². The summed E-state index contributed by atoms with van der Waals surface area (Å²) in [6.45, 7) is -0.471. The van der Waals surface area contributed by atoms with Crippen molar-refractivity contribution in [3.63, 3.8) is 0 Å². The molecule has 3 aromatic heterocycles. The van der Waals surface area contributed by atoms with Crippen LogP contribution in [0.2, 0.25) is 0 Å². The largest absolute Gasteiger partial charge is 0.383 e. The smallest absolute Gasteiger partial charge is 0.257 e. The Morgan fingerprint density at radius 1 is 1.22 bits per heavy atom. The summed E-state index contributed by atoms with van der Waals surface area (Å²) < 4.78 is 28.0. The number of nitrogens with two attached hydrogens (primary N) is 1. The molecule has 0 aliphatic rings. The van der Waals surface area contributed by atoms with Gasteiger partial charge in [-0.15, -0.1) is 0 Å². The van der Waals surface area contributed by atoms with Crippen molar-refractivity contribution in [1.29, 1.82) is 0 Å². The zero-order valence-corrected chi connectivity index (χ0v) is 11.9. The van der Waals surface area contributed by atoms with Gasteiger partial charge in [0.05, 0.1) is 16.6 Å². The lowest BCUT2D eigenvalue weighted by Crippen LogP contribution is -2.06. The Labute approximate surface area is 129 Å². The molecule has 0 fully saturated rings. The van der Waals surface area contributed by atoms with Crippen molar-refractivity contribution < 1.29 is 8.78 Å². The number of aromatic nitrogens is 5. The molecule has 4 rings (SSSR count). The lowest BCUT2D eigenvalue weighted by molar-refractivity contribution is 0.122. The molecule has 116 valence electrons. The monoisotopic (exact) mass is 314 g/mol. The first-order valence-electron chi connectivity index (χ1n) is 6.96. The van der Waals surface area contributed by atoms with E-state index in [1.54, 1.807) is 10.9 Å². The summed E-state index contributed by atoms with van der Waals surface area (Å²) in [6, 6.07) is 7.38. The van der Waals surface area contributed by atoms with Crippen LogP contribution in [0.5, 0.6) is 0 Å². The molecule has 0 amide bonds. The molecule has 4 aromatic rings. The minimum absolute atomic E-state index is 0.269. The SMILES string of the molecule is Nc1nc2cc(-n3cccn3)ccc2c2nn(CC(F)F)cc12. The van der Waals surface area contributed by atoms with Gasteiger partial charge in [-0.25, -0.2) is 18.4 Å². The molecule has 0 atom stereocenters. The Morgan fingerprint density at radius 2 is 2.09 bits per heavy atom. The molecular weight excluding hydrogens is 302 g/mol. The third-order valence-electron chi connectivity index (χ3n) is 3.61. The van der Waals surface area contributed by atoms with Gasteiger partial charge < -0.3 is 5.73 Å². The fourth-order valence-electron chi connectivity index (χ4n) is 2.61. The number of alkyl halides is 2. The molecule has 0 saturated carbocycles. The summed E-state index contributed by atoms with van der Waals surface area (Å²) in [4.78, 5) is 4.36. The van der Waals surface area contributed by atoms with E-state index in [9.17, 15) is 8.78 Å². The van der Waals surface area contributed by atoms with Gasteiger partial charge in [-0.05, 0) is 24.3 Å². The molecular formula is C15H12F2N6. The molecule has 8 heteroatoms. The molecule has 2 N–H and O–H groups in total. The van der Waals surface area contributed by atoms with E-state index < -0.39 is 13.0 Å². The van der Waals surface area contributed by atoms with Gasteiger partial charge in [0.15, 0.2) is 0 Å². The molecule has 0 radical (unpaired) electrons. The van der Waals surface area contributed by atoms with Gasteiger partial charge in [0.1, 0.15) is 17.9 Å². The van der Waals surface area contributed by atoms with Crippen LogP contribution in [0.3, 0.4) is 0 Å². The summed E-state index contributed by atoms with van der Waals surface area (Å²) in [5.41, 5.74) is 8.01. The van der Waals surface area contributed by atoms with Gasteiger partial charge in [0.25, 0.3) is 6.43 Å². The quantitative estimate of drug-likeness (QED) is 0.631. The Morgan fingerprint density at radius 3 is 2.83 bits per heavy atom. The van der Waals surface area contributed by atoms with Crippen LogP contribution < -0.4 is 5.73 Å². The lowest BCUT2D eigenvalue weighted by atomic mass is 10.1. The van der Waals surface area contributed by atoms with E-state index in [0.717, 1.165) is 11.1 Å². The van der Waals surface area contributed by atoms with Crippen molar-refractivity contribution in [3.05, 3.63) is 42.9 Å². The molecule has 23 heavy (non-hydrogen) atoms. The van der Waals surface area contributed by atoms with Crippen LogP contribution in [-0.4, -0.2) is 31.0 Å². The molecule has 3 heterocycles. The number of nitrogen functional groups attached to an aromatic ring is 1. The first kappa shape index (κ1) is 13.6. The second-order valence-corrected chi connectivity index (χ2v) is 5.15. The van der Waals surface area contributed by atoms with E-state index >= 15 is 0 Å². The van der Waals surface area contributed by atoms with Crippen molar-refractivity contribution >= 4 is 27.6 Å². The van der Waals surface area contributed by atoms with E-state index in [1.165, 1.54) is 10.9 Å². The van der Waals surface area contributed by atoms with Gasteiger partial charge in [0.2, 0.25) is 0 Å². The zero-order valence-electron chi connectivity index (χ0n) is 11.9. The first-order chi connectivity index (χ1) is 11.1. The van der Waals surface area contributed by atoms with Crippen molar-refractivity contribution in [2.75, 3.05) is 5.73 Å². The maximum Gasteiger partial charge on any atom is 0.257 e. The summed E-state index contributed by atoms with van der Waals surface area (Å²) in [7, 11) is 0. The number of benzene rings is 1. The van der Waals surface area contributed by atoms with Crippen LogP contribution in [0.4, 0.5) is 14.6 Å². The summed E-state index contributed by atoms with van der Waals surface area (Å²) in [5.74, 6) is 0.269. The number of hydrogen-bond acceptors (Lipinski definition) is 4. The Hall–Kier alpha value is -3.03. The van der Waals surface area contributed by atoms with Gasteiger partial charge in [0, 0.05) is 24.0 Å². The lowest BCUT2D eigenvalue weighted by Gasteiger charge is -2.05. The van der Waals surface area contributed by atoms with Crippen LogP contribution >= 0.6 is 0 Å². The summed E-state index contributed by atoms with van der Waals surface area (Å²) >= 11 is 0. The third kappa shape index (κ3) is 2.28. The number of halogens is 2. The molecule has 0 aliphatic heterocycles. The Balaban J connectivity index is 1.92. The normalized spacial score (nSPS) is 11.8. The minimum Gasteiger partial charge on any atom is -0.383 e. The van der Waals surface area contributed by atoms with Crippen molar-refractivity contribution in [2.24, 2.45) is 0 Å². The van der Waals surface area contributed by atoms with Crippen LogP contribution in [-0.2, 0) is 6.54 Å². The highest BCUT2D eigenvalue weighted by atomic mass is 19.3. The molecule has 0 aliphatic carbocycles. The number of anilines is 1. The van der Waals surface area contributed by atoms with E-state index in [-0.39, 0.29) is 5.82 Å². The predicted octanol–water partition coefficient (Wildman–Crippen LogP) is 2.62. The van der Waals surface area contributed by atoms with Crippen LogP contribution in [0.1, 0.15) is 0 Å². The highest BCUT2D eigenvalue weighted by Gasteiger charge is 2.13. The molecule has 1 aromatic carbocycles. The average molecular weight is 314 g/mol. The number of fused-ring (bicyclic) bond motifs is 3. The van der Waals surface area contributed by atoms with Gasteiger partial charge in [-0.1, -0.05) is 0 Å². The number of pyridine rings is 1. The highest BCUT2D eigenvalue weighted by molar-refractivity contribution is 6.07. The third-order valence-corrected chi connectivity index (χ3v) is 3.61. The first-order valence-corrected chi connectivity index (χ1v) is 6.96. The average Bonchev–Trinajstić information content (AvgIpc) is 3.15. The van der Waals surface area contributed by atoms with Crippen molar-refractivity contribution in [3.8, 4) is 5.69 Å². The number of rotatable bonds is 3. The molecule has 0 bridgehead atoms. The van der Waals surface area contributed by atoms with Crippen LogP contribution in [0, 0.1) is 0 Å². The van der Waals surface area contributed by atoms with E-state index in [0.29, 0.717) is 16.4 Å². The predicted molar refractivity (Wildman–Crippen MR) is 82.6 cm³/mol. The standard InChI is InChI=1S/C15H12F2N6/c16-13(17)8-22-7-11-14(21-22)10-3-2-9(23-5-1-4-19-23)6-12(10)20-15(11)18/h1-7,13H,8H2,(H2,18,20). The second kappa shape index (κ2) is 5.01. The molecule has 0 spiro atoms. The molecule has 0 saturated heterocycles. The zero-order chi connectivity index (χ0) is 16.0. The van der Waals surface area contributed by atoms with E-state index in [2.05, 4.69) is 15.2 Å². The maximum absolute atomic E-state index is 12.6. The van der Waals surface area contributed by atoms with E-state index in [1.807, 2.05) is 30.5 Å². The van der Waals surface area contributed by atoms with Gasteiger partial charge in [-0.3, -0.25) is 4.68 Å². The maximum atomic E-state index is 12.6. The molecule has 6 nitrogen and oxygen atoms in total. The fraction of sp³-hybridized carbons (Fsp3) is 0.133. The number of hydrogen-bond donors (Lipinski definition) is 1. The second-order valence-electron chi connectivity index (χ2n) is 5.15. The Kier molecular flexibility index (Phi) is 2.97. The van der Waals surface area contributed by atoms with Crippen molar-refractivity contribution in [1.82, 2.24) is 24.5 Å².